The molecule has 1 atom stereocenters. The molecule has 3 rings (SSSR count). The van der Waals surface area contributed by atoms with Crippen molar-refractivity contribution >= 4 is 12.4 Å². The smallest absolute Gasteiger partial charge is 0.395 e. The summed E-state index contributed by atoms with van der Waals surface area (Å²) in [6, 6.07) is 5.45. The van der Waals surface area contributed by atoms with Crippen LogP contribution in [0.15, 0.2) is 18.2 Å². The van der Waals surface area contributed by atoms with Gasteiger partial charge in [0.05, 0.1) is 0 Å². The van der Waals surface area contributed by atoms with Crippen LogP contribution in [0.4, 0.5) is 8.78 Å². The van der Waals surface area contributed by atoms with Crippen molar-refractivity contribution in [1.29, 1.82) is 0 Å². The van der Waals surface area contributed by atoms with Gasteiger partial charge in [0.1, 0.15) is 0 Å². The normalized spacial score (nSPS) is 20.5. The Hall–Kier alpha value is -1.11. The third kappa shape index (κ3) is 4.49. The van der Waals surface area contributed by atoms with E-state index in [4.69, 9.17) is 0 Å². The van der Waals surface area contributed by atoms with E-state index in [0.29, 0.717) is 0 Å². The molecule has 4 nitrogen and oxygen atoms in total. The molecule has 2 aliphatic rings. The summed E-state index contributed by atoms with van der Waals surface area (Å²) in [5, 5.41) is 3.36. The number of nitrogens with zero attached hydrogens (tertiary/aromatic N) is 1. The Morgan fingerprint density at radius 1 is 1.17 bits per heavy atom. The molecule has 0 unspecified atom stereocenters. The summed E-state index contributed by atoms with van der Waals surface area (Å²) < 4.78 is 35.5. The van der Waals surface area contributed by atoms with Crippen LogP contribution in [0.5, 0.6) is 11.5 Å². The molecular weight excluding hydrogens is 338 g/mol. The second-order valence-corrected chi connectivity index (χ2v) is 6.17. The summed E-state index contributed by atoms with van der Waals surface area (Å²) >= 11 is 0. The number of piperazine rings is 1. The lowest BCUT2D eigenvalue weighted by Crippen LogP contribution is -2.45. The molecule has 1 fully saturated rings. The number of benzene rings is 1. The van der Waals surface area contributed by atoms with Crippen LogP contribution in [0.25, 0.3) is 0 Å². The summed E-state index contributed by atoms with van der Waals surface area (Å²) in [5.74, 6) is 0.259. The van der Waals surface area contributed by atoms with Gasteiger partial charge in [-0.25, -0.2) is 0 Å². The molecule has 1 saturated heterocycles. The number of hydrogen-bond acceptors (Lipinski definition) is 4. The van der Waals surface area contributed by atoms with E-state index in [0.717, 1.165) is 44.6 Å². The fourth-order valence-corrected chi connectivity index (χ4v) is 3.31. The zero-order valence-corrected chi connectivity index (χ0v) is 14.7. The molecule has 0 radical (unpaired) electrons. The first-order valence-electron chi connectivity index (χ1n) is 8.43. The van der Waals surface area contributed by atoms with Crippen LogP contribution in [-0.2, 0) is 0 Å². The van der Waals surface area contributed by atoms with E-state index >= 15 is 0 Å². The van der Waals surface area contributed by atoms with Crippen LogP contribution < -0.4 is 14.8 Å². The number of unbranched alkanes of at least 4 members (excludes halogenated alkanes) is 2. The van der Waals surface area contributed by atoms with Crippen molar-refractivity contribution < 1.29 is 18.3 Å². The minimum absolute atomic E-state index is 0. The Bertz CT molecular complexity index is 539. The molecule has 0 saturated carbocycles. The molecule has 0 amide bonds. The minimum atomic E-state index is -3.55. The molecule has 1 aromatic rings. The summed E-state index contributed by atoms with van der Waals surface area (Å²) in [5.41, 5.74) is 1.03. The van der Waals surface area contributed by atoms with Gasteiger partial charge < -0.3 is 14.8 Å². The van der Waals surface area contributed by atoms with Gasteiger partial charge >= 0.3 is 6.29 Å². The Morgan fingerprint density at radius 3 is 2.58 bits per heavy atom. The number of hydrogen-bond donors (Lipinski definition) is 1. The predicted molar refractivity (Wildman–Crippen MR) is 91.2 cm³/mol. The highest BCUT2D eigenvalue weighted by Crippen LogP contribution is 2.43. The summed E-state index contributed by atoms with van der Waals surface area (Å²) in [6.07, 6.45) is 0.972. The van der Waals surface area contributed by atoms with E-state index < -0.39 is 6.29 Å². The van der Waals surface area contributed by atoms with Gasteiger partial charge in [-0.1, -0.05) is 32.3 Å². The molecule has 0 bridgehead atoms. The first kappa shape index (κ1) is 19.2. The quantitative estimate of drug-likeness (QED) is 0.777. The lowest BCUT2D eigenvalue weighted by Gasteiger charge is -2.35. The van der Waals surface area contributed by atoms with E-state index in [9.17, 15) is 8.78 Å². The zero-order valence-electron chi connectivity index (χ0n) is 13.9. The van der Waals surface area contributed by atoms with Gasteiger partial charge in [0.2, 0.25) is 0 Å². The fourth-order valence-electron chi connectivity index (χ4n) is 3.31. The number of nitrogens with one attached hydrogen (secondary N) is 1. The SMILES string of the molecule is CCCCC[C@@H](c1ccc2c(c1)OC(F)(F)O2)N1CCNCC1.Cl. The lowest BCUT2D eigenvalue weighted by molar-refractivity contribution is -0.286. The number of halogens is 3. The topological polar surface area (TPSA) is 33.7 Å². The lowest BCUT2D eigenvalue weighted by atomic mass is 9.97. The Morgan fingerprint density at radius 2 is 1.88 bits per heavy atom. The van der Waals surface area contributed by atoms with Crippen LogP contribution in [0.1, 0.15) is 44.2 Å². The summed E-state index contributed by atoms with van der Waals surface area (Å²) in [7, 11) is 0. The van der Waals surface area contributed by atoms with Crippen molar-refractivity contribution in [2.45, 2.75) is 44.9 Å². The molecule has 2 heterocycles. The number of ether oxygens (including phenoxy) is 2. The monoisotopic (exact) mass is 362 g/mol. The number of rotatable bonds is 6. The van der Waals surface area contributed by atoms with Crippen molar-refractivity contribution in [1.82, 2.24) is 10.2 Å². The van der Waals surface area contributed by atoms with Crippen molar-refractivity contribution in [3.63, 3.8) is 0 Å². The second kappa shape index (κ2) is 8.32. The molecule has 0 aromatic heterocycles. The minimum Gasteiger partial charge on any atom is -0.395 e. The third-order valence-corrected chi connectivity index (χ3v) is 4.48. The first-order chi connectivity index (χ1) is 11.1. The fraction of sp³-hybridized carbons (Fsp3) is 0.647. The van der Waals surface area contributed by atoms with Gasteiger partial charge in [0.25, 0.3) is 0 Å². The maximum absolute atomic E-state index is 13.2. The van der Waals surface area contributed by atoms with Gasteiger partial charge in [-0.2, -0.15) is 0 Å². The average molecular weight is 363 g/mol. The van der Waals surface area contributed by atoms with Crippen molar-refractivity contribution in [2.24, 2.45) is 0 Å². The van der Waals surface area contributed by atoms with E-state index in [1.54, 1.807) is 12.1 Å². The molecule has 1 N–H and O–H groups in total. The molecule has 136 valence electrons. The molecular formula is C17H25ClF2N2O2. The molecule has 7 heteroatoms. The third-order valence-electron chi connectivity index (χ3n) is 4.48. The molecule has 0 spiro atoms. The average Bonchev–Trinajstić information content (AvgIpc) is 2.85. The van der Waals surface area contributed by atoms with Gasteiger partial charge in [0.15, 0.2) is 11.5 Å². The zero-order chi connectivity index (χ0) is 16.3. The van der Waals surface area contributed by atoms with Gasteiger partial charge in [-0.15, -0.1) is 21.2 Å². The van der Waals surface area contributed by atoms with Crippen LogP contribution in [0.3, 0.4) is 0 Å². The van der Waals surface area contributed by atoms with Crippen molar-refractivity contribution in [2.75, 3.05) is 26.2 Å². The molecule has 2 aliphatic heterocycles. The van der Waals surface area contributed by atoms with Crippen LogP contribution in [0, 0.1) is 0 Å². The van der Waals surface area contributed by atoms with E-state index in [1.807, 2.05) is 6.07 Å². The van der Waals surface area contributed by atoms with Gasteiger partial charge in [-0.05, 0) is 24.1 Å². The maximum Gasteiger partial charge on any atom is 0.586 e. The molecule has 24 heavy (non-hydrogen) atoms. The highest BCUT2D eigenvalue weighted by atomic mass is 35.5. The number of fused-ring (bicyclic) bond motifs is 1. The van der Waals surface area contributed by atoms with Crippen LogP contribution in [0.2, 0.25) is 0 Å². The predicted octanol–water partition coefficient (Wildman–Crippen LogP) is 3.96. The largest absolute Gasteiger partial charge is 0.586 e. The van der Waals surface area contributed by atoms with Gasteiger partial charge in [-0.3, -0.25) is 4.90 Å². The van der Waals surface area contributed by atoms with Crippen molar-refractivity contribution in [3.05, 3.63) is 23.8 Å². The molecule has 0 aliphatic carbocycles. The summed E-state index contributed by atoms with van der Waals surface area (Å²) in [4.78, 5) is 2.43. The first-order valence-corrected chi connectivity index (χ1v) is 8.43. The Balaban J connectivity index is 0.00000208. The van der Waals surface area contributed by atoms with E-state index in [-0.39, 0.29) is 29.9 Å². The maximum atomic E-state index is 13.2. The van der Waals surface area contributed by atoms with Crippen LogP contribution >= 0.6 is 12.4 Å². The van der Waals surface area contributed by atoms with Gasteiger partial charge in [0, 0.05) is 32.2 Å². The molecule has 1 aromatic carbocycles. The standard InChI is InChI=1S/C17H24F2N2O2.ClH/c1-2-3-4-5-14(21-10-8-20-9-11-21)13-6-7-15-16(12-13)23-17(18,19)22-15;/h6-7,12,14,20H,2-5,8-11H2,1H3;1H/t14-;/m0./s1. The second-order valence-electron chi connectivity index (χ2n) is 6.17. The Kier molecular flexibility index (Phi) is 6.66. The van der Waals surface area contributed by atoms with Crippen LogP contribution in [-0.4, -0.2) is 37.4 Å². The summed E-state index contributed by atoms with van der Waals surface area (Å²) in [6.45, 7) is 6.06. The highest BCUT2D eigenvalue weighted by molar-refractivity contribution is 5.85. The van der Waals surface area contributed by atoms with E-state index in [1.165, 1.54) is 12.8 Å². The Labute approximate surface area is 147 Å². The number of alkyl halides is 2. The highest BCUT2D eigenvalue weighted by Gasteiger charge is 2.43. The van der Waals surface area contributed by atoms with Crippen molar-refractivity contribution in [3.8, 4) is 11.5 Å². The van der Waals surface area contributed by atoms with E-state index in [2.05, 4.69) is 26.6 Å².